The number of hydrogen-bond acceptors (Lipinski definition) is 3. The molecule has 1 heterocycles. The Balaban J connectivity index is 2.45. The molecule has 1 aromatic heterocycles. The van der Waals surface area contributed by atoms with Crippen LogP contribution in [0.2, 0.25) is 5.02 Å². The van der Waals surface area contributed by atoms with Crippen LogP contribution in [0.5, 0.6) is 0 Å². The Labute approximate surface area is 116 Å². The van der Waals surface area contributed by atoms with E-state index < -0.39 is 5.97 Å². The monoisotopic (exact) mass is 273 g/mol. The summed E-state index contributed by atoms with van der Waals surface area (Å²) in [4.78, 5) is 16.0. The van der Waals surface area contributed by atoms with Crippen LogP contribution in [0.15, 0.2) is 48.7 Å². The number of nitrogens with zero attached hydrogens (tertiary/aromatic N) is 1. The van der Waals surface area contributed by atoms with Crippen molar-refractivity contribution in [2.45, 2.75) is 0 Å². The third kappa shape index (κ3) is 3.42. The molecule has 2 aromatic rings. The molecular formula is C15H12ClNO2. The Morgan fingerprint density at radius 3 is 2.53 bits per heavy atom. The number of carbonyl (C=O) groups is 1. The summed E-state index contributed by atoms with van der Waals surface area (Å²) in [6, 6.07) is 12.5. The molecule has 1 aromatic carbocycles. The smallest absolute Gasteiger partial charge is 0.338 e. The fraction of sp³-hybridized carbons (Fsp3) is 0.0667. The summed E-state index contributed by atoms with van der Waals surface area (Å²) in [5.41, 5.74) is 1.87. The lowest BCUT2D eigenvalue weighted by atomic mass is 10.0. The number of pyridine rings is 1. The van der Waals surface area contributed by atoms with Gasteiger partial charge in [-0.05, 0) is 35.9 Å². The molecule has 0 aliphatic heterocycles. The first-order valence-electron chi connectivity index (χ1n) is 5.67. The molecule has 0 amide bonds. The van der Waals surface area contributed by atoms with Crippen LogP contribution in [-0.2, 0) is 9.53 Å². The van der Waals surface area contributed by atoms with E-state index in [1.165, 1.54) is 7.11 Å². The number of aromatic nitrogens is 1. The molecule has 0 aliphatic carbocycles. The summed E-state index contributed by atoms with van der Waals surface area (Å²) in [5, 5.41) is 0.616. The van der Waals surface area contributed by atoms with Crippen LogP contribution >= 0.6 is 11.6 Å². The molecule has 0 bridgehead atoms. The van der Waals surface area contributed by atoms with Gasteiger partial charge < -0.3 is 4.74 Å². The summed E-state index contributed by atoms with van der Waals surface area (Å²) >= 11 is 5.84. The zero-order valence-electron chi connectivity index (χ0n) is 10.3. The summed E-state index contributed by atoms with van der Waals surface area (Å²) < 4.78 is 4.80. The number of ether oxygens (including phenoxy) is 1. The van der Waals surface area contributed by atoms with Gasteiger partial charge in [-0.3, -0.25) is 4.98 Å². The van der Waals surface area contributed by atoms with Gasteiger partial charge in [0.1, 0.15) is 0 Å². The number of methoxy groups -OCH3 is 1. The predicted molar refractivity (Wildman–Crippen MR) is 75.6 cm³/mol. The molecule has 0 unspecified atom stereocenters. The molecule has 0 saturated carbocycles. The summed E-state index contributed by atoms with van der Waals surface area (Å²) in [5.74, 6) is -0.409. The van der Waals surface area contributed by atoms with Crippen molar-refractivity contribution in [1.29, 1.82) is 0 Å². The van der Waals surface area contributed by atoms with Crippen LogP contribution in [0, 0.1) is 0 Å². The van der Waals surface area contributed by atoms with E-state index in [4.69, 9.17) is 16.3 Å². The first-order valence-corrected chi connectivity index (χ1v) is 6.05. The maximum atomic E-state index is 11.9. The fourth-order valence-corrected chi connectivity index (χ4v) is 1.73. The number of rotatable bonds is 3. The molecule has 3 nitrogen and oxygen atoms in total. The number of benzene rings is 1. The van der Waals surface area contributed by atoms with Gasteiger partial charge >= 0.3 is 5.97 Å². The molecule has 96 valence electrons. The second-order valence-electron chi connectivity index (χ2n) is 3.81. The van der Waals surface area contributed by atoms with E-state index >= 15 is 0 Å². The van der Waals surface area contributed by atoms with Crippen molar-refractivity contribution < 1.29 is 9.53 Å². The fourth-order valence-electron chi connectivity index (χ4n) is 1.61. The lowest BCUT2D eigenvalue weighted by Gasteiger charge is -2.06. The second-order valence-corrected chi connectivity index (χ2v) is 4.25. The van der Waals surface area contributed by atoms with Gasteiger partial charge in [0.2, 0.25) is 0 Å². The molecule has 4 heteroatoms. The quantitative estimate of drug-likeness (QED) is 0.635. The number of hydrogen-bond donors (Lipinski definition) is 0. The summed E-state index contributed by atoms with van der Waals surface area (Å²) in [6.07, 6.45) is 3.36. The third-order valence-corrected chi connectivity index (χ3v) is 2.79. The minimum atomic E-state index is -0.409. The molecular weight excluding hydrogens is 262 g/mol. The topological polar surface area (TPSA) is 39.2 Å². The standard InChI is InChI=1S/C15H12ClNO2/c1-19-15(18)14(10-13-4-2-3-9-17-13)11-5-7-12(16)8-6-11/h2-10H,1H3/b14-10+. The van der Waals surface area contributed by atoms with Crippen molar-refractivity contribution in [2.24, 2.45) is 0 Å². The molecule has 2 rings (SSSR count). The Bertz CT molecular complexity index is 591. The van der Waals surface area contributed by atoms with E-state index in [9.17, 15) is 4.79 Å². The highest BCUT2D eigenvalue weighted by molar-refractivity contribution is 6.30. The van der Waals surface area contributed by atoms with E-state index in [2.05, 4.69) is 4.98 Å². The van der Waals surface area contributed by atoms with Crippen molar-refractivity contribution in [3.8, 4) is 0 Å². The van der Waals surface area contributed by atoms with E-state index in [0.29, 0.717) is 16.3 Å². The van der Waals surface area contributed by atoms with Gasteiger partial charge in [0, 0.05) is 11.2 Å². The summed E-state index contributed by atoms with van der Waals surface area (Å²) in [7, 11) is 1.35. The molecule has 0 saturated heterocycles. The highest BCUT2D eigenvalue weighted by atomic mass is 35.5. The van der Waals surface area contributed by atoms with Gasteiger partial charge in [-0.1, -0.05) is 29.8 Å². The highest BCUT2D eigenvalue weighted by Crippen LogP contribution is 2.21. The van der Waals surface area contributed by atoms with E-state index in [0.717, 1.165) is 5.56 Å². The maximum absolute atomic E-state index is 11.9. The van der Waals surface area contributed by atoms with Crippen molar-refractivity contribution in [1.82, 2.24) is 4.98 Å². The average molecular weight is 274 g/mol. The maximum Gasteiger partial charge on any atom is 0.338 e. The minimum Gasteiger partial charge on any atom is -0.465 e. The minimum absolute atomic E-state index is 0.409. The first kappa shape index (κ1) is 13.3. The van der Waals surface area contributed by atoms with E-state index in [-0.39, 0.29) is 0 Å². The van der Waals surface area contributed by atoms with Gasteiger partial charge in [0.05, 0.1) is 18.4 Å². The predicted octanol–water partition coefficient (Wildman–Crippen LogP) is 3.45. The molecule has 0 spiro atoms. The van der Waals surface area contributed by atoms with Crippen LogP contribution in [0.25, 0.3) is 11.6 Å². The van der Waals surface area contributed by atoms with Crippen molar-refractivity contribution >= 4 is 29.2 Å². The molecule has 0 atom stereocenters. The van der Waals surface area contributed by atoms with Crippen LogP contribution in [-0.4, -0.2) is 18.1 Å². The van der Waals surface area contributed by atoms with Gasteiger partial charge in [0.25, 0.3) is 0 Å². The highest BCUT2D eigenvalue weighted by Gasteiger charge is 2.12. The van der Waals surface area contributed by atoms with Crippen molar-refractivity contribution in [3.63, 3.8) is 0 Å². The van der Waals surface area contributed by atoms with Gasteiger partial charge in [0.15, 0.2) is 0 Å². The SMILES string of the molecule is COC(=O)/C(=C/c1ccccn1)c1ccc(Cl)cc1. The third-order valence-electron chi connectivity index (χ3n) is 2.54. The van der Waals surface area contributed by atoms with Crippen molar-refractivity contribution in [2.75, 3.05) is 7.11 Å². The van der Waals surface area contributed by atoms with Crippen LogP contribution in [0.3, 0.4) is 0 Å². The van der Waals surface area contributed by atoms with Gasteiger partial charge in [-0.2, -0.15) is 0 Å². The Morgan fingerprint density at radius 2 is 1.95 bits per heavy atom. The molecule has 0 N–H and O–H groups in total. The average Bonchev–Trinajstić information content (AvgIpc) is 2.46. The van der Waals surface area contributed by atoms with Crippen LogP contribution < -0.4 is 0 Å². The molecule has 19 heavy (non-hydrogen) atoms. The zero-order valence-corrected chi connectivity index (χ0v) is 11.1. The molecule has 0 radical (unpaired) electrons. The van der Waals surface area contributed by atoms with Crippen molar-refractivity contribution in [3.05, 3.63) is 64.9 Å². The van der Waals surface area contributed by atoms with Crippen LogP contribution in [0.1, 0.15) is 11.3 Å². The Kier molecular flexibility index (Phi) is 4.31. The van der Waals surface area contributed by atoms with E-state index in [1.807, 2.05) is 18.2 Å². The van der Waals surface area contributed by atoms with Crippen LogP contribution in [0.4, 0.5) is 0 Å². The Morgan fingerprint density at radius 1 is 1.21 bits per heavy atom. The second kappa shape index (κ2) is 6.16. The zero-order chi connectivity index (χ0) is 13.7. The van der Waals surface area contributed by atoms with E-state index in [1.54, 1.807) is 36.5 Å². The van der Waals surface area contributed by atoms with Gasteiger partial charge in [-0.15, -0.1) is 0 Å². The lowest BCUT2D eigenvalue weighted by molar-refractivity contribution is -0.133. The first-order chi connectivity index (χ1) is 9.20. The number of halogens is 1. The molecule has 0 aliphatic rings. The number of esters is 1. The number of carbonyl (C=O) groups excluding carboxylic acids is 1. The van der Waals surface area contributed by atoms with Gasteiger partial charge in [-0.25, -0.2) is 4.79 Å². The normalized spacial score (nSPS) is 11.2. The summed E-state index contributed by atoms with van der Waals surface area (Å²) in [6.45, 7) is 0. The molecule has 0 fully saturated rings. The largest absolute Gasteiger partial charge is 0.465 e. The lowest BCUT2D eigenvalue weighted by Crippen LogP contribution is -2.04. The Hall–Kier alpha value is -2.13.